The summed E-state index contributed by atoms with van der Waals surface area (Å²) in [5, 5.41) is 9.59. The number of benzene rings is 1. The van der Waals surface area contributed by atoms with Crippen LogP contribution in [0.2, 0.25) is 0 Å². The lowest BCUT2D eigenvalue weighted by Gasteiger charge is -2.35. The predicted molar refractivity (Wildman–Crippen MR) is 122 cm³/mol. The number of esters is 1. The van der Waals surface area contributed by atoms with Gasteiger partial charge in [0.05, 0.1) is 13.7 Å². The van der Waals surface area contributed by atoms with Gasteiger partial charge in [-0.2, -0.15) is 0 Å². The first-order valence-corrected chi connectivity index (χ1v) is 11.3. The topological polar surface area (TPSA) is 123 Å². The molecule has 34 heavy (non-hydrogen) atoms. The van der Waals surface area contributed by atoms with Gasteiger partial charge in [-0.25, -0.2) is 9.59 Å². The van der Waals surface area contributed by atoms with Crippen LogP contribution >= 0.6 is 0 Å². The minimum absolute atomic E-state index is 0.0459. The Hall–Kier alpha value is -3.30. The quantitative estimate of drug-likeness (QED) is 0.537. The summed E-state index contributed by atoms with van der Waals surface area (Å²) in [5.74, 6) is -1.75. The molecule has 0 saturated carbocycles. The van der Waals surface area contributed by atoms with Crippen molar-refractivity contribution in [2.45, 2.75) is 64.6 Å². The highest BCUT2D eigenvalue weighted by molar-refractivity contribution is 5.91. The van der Waals surface area contributed by atoms with Gasteiger partial charge in [0.25, 0.3) is 0 Å². The molecule has 1 fully saturated rings. The van der Waals surface area contributed by atoms with E-state index >= 15 is 0 Å². The zero-order chi connectivity index (χ0) is 25.5. The average Bonchev–Trinajstić information content (AvgIpc) is 3.25. The molecule has 1 aromatic carbocycles. The summed E-state index contributed by atoms with van der Waals surface area (Å²) in [4.78, 5) is 53.2. The molecule has 0 aromatic heterocycles. The molecule has 0 bridgehead atoms. The molecule has 10 heteroatoms. The number of carbonyl (C=O) groups is 4. The van der Waals surface area contributed by atoms with E-state index in [1.165, 1.54) is 12.0 Å². The maximum atomic E-state index is 13.7. The van der Waals surface area contributed by atoms with Gasteiger partial charge in [0.15, 0.2) is 0 Å². The Labute approximate surface area is 199 Å². The van der Waals surface area contributed by atoms with Gasteiger partial charge in [0.2, 0.25) is 5.91 Å². The molecule has 0 spiro atoms. The summed E-state index contributed by atoms with van der Waals surface area (Å²) in [6, 6.07) is 4.76. The van der Waals surface area contributed by atoms with Gasteiger partial charge in [-0.1, -0.05) is 12.1 Å². The van der Waals surface area contributed by atoms with E-state index in [0.29, 0.717) is 24.2 Å². The highest BCUT2D eigenvalue weighted by atomic mass is 16.6. The van der Waals surface area contributed by atoms with Gasteiger partial charge in [0, 0.05) is 13.0 Å². The van der Waals surface area contributed by atoms with Crippen LogP contribution in [0.25, 0.3) is 0 Å². The van der Waals surface area contributed by atoms with Crippen LogP contribution in [0.4, 0.5) is 4.79 Å². The smallest absolute Gasteiger partial charge is 0.411 e. The van der Waals surface area contributed by atoms with E-state index in [2.05, 4.69) is 0 Å². The number of methoxy groups -OCH3 is 1. The summed E-state index contributed by atoms with van der Waals surface area (Å²) in [7, 11) is 1.53. The van der Waals surface area contributed by atoms with Gasteiger partial charge in [-0.3, -0.25) is 14.5 Å². The van der Waals surface area contributed by atoms with Crippen LogP contribution in [0.1, 0.15) is 46.1 Å². The van der Waals surface area contributed by atoms with Crippen molar-refractivity contribution >= 4 is 23.9 Å². The first-order chi connectivity index (χ1) is 16.0. The van der Waals surface area contributed by atoms with Gasteiger partial charge < -0.3 is 24.2 Å². The number of ether oxygens (including phenoxy) is 3. The van der Waals surface area contributed by atoms with Crippen molar-refractivity contribution in [2.75, 3.05) is 26.8 Å². The zero-order valence-electron chi connectivity index (χ0n) is 20.4. The van der Waals surface area contributed by atoms with Crippen LogP contribution in [0, 0.1) is 0 Å². The Kier molecular flexibility index (Phi) is 9.28. The maximum Gasteiger partial charge on any atom is 0.411 e. The SMILES string of the molecule is CCOC(=O)CN(C(=O)OC(C)(C)C)[C@H](Cc1ccc(OC)cc1)C(=O)N1CCC[C@H]1C(=O)O. The van der Waals surface area contributed by atoms with E-state index in [1.807, 2.05) is 0 Å². The molecule has 2 atom stereocenters. The molecule has 0 radical (unpaired) electrons. The molecule has 10 nitrogen and oxygen atoms in total. The van der Waals surface area contributed by atoms with Gasteiger partial charge >= 0.3 is 18.0 Å². The second kappa shape index (κ2) is 11.7. The Morgan fingerprint density at radius 3 is 2.35 bits per heavy atom. The number of carboxylic acids is 1. The van der Waals surface area contributed by atoms with Crippen LogP contribution in [0.5, 0.6) is 5.75 Å². The molecule has 0 unspecified atom stereocenters. The third kappa shape index (κ3) is 7.36. The molecule has 1 saturated heterocycles. The van der Waals surface area contributed by atoms with E-state index in [9.17, 15) is 24.3 Å². The lowest BCUT2D eigenvalue weighted by atomic mass is 10.0. The maximum absolute atomic E-state index is 13.7. The highest BCUT2D eigenvalue weighted by Gasteiger charge is 2.42. The molecule has 1 aromatic rings. The molecule has 1 N–H and O–H groups in total. The second-order valence-electron chi connectivity index (χ2n) is 9.01. The summed E-state index contributed by atoms with van der Waals surface area (Å²) >= 11 is 0. The molecule has 2 rings (SSSR count). The number of rotatable bonds is 9. The third-order valence-corrected chi connectivity index (χ3v) is 5.30. The van der Waals surface area contributed by atoms with E-state index < -0.39 is 48.2 Å². The summed E-state index contributed by atoms with van der Waals surface area (Å²) < 4.78 is 15.7. The molecule has 2 amide bonds. The lowest BCUT2D eigenvalue weighted by Crippen LogP contribution is -2.56. The van der Waals surface area contributed by atoms with Crippen molar-refractivity contribution in [2.24, 2.45) is 0 Å². The predicted octanol–water partition coefficient (Wildman–Crippen LogP) is 2.48. The Morgan fingerprint density at radius 1 is 1.18 bits per heavy atom. The normalized spacial score (nSPS) is 16.5. The average molecular weight is 479 g/mol. The minimum atomic E-state index is -1.17. The molecule has 0 aliphatic carbocycles. The first kappa shape index (κ1) is 26.9. The van der Waals surface area contributed by atoms with E-state index in [-0.39, 0.29) is 19.6 Å². The Bertz CT molecular complexity index is 878. The van der Waals surface area contributed by atoms with Gasteiger partial charge in [0.1, 0.15) is 30.0 Å². The van der Waals surface area contributed by atoms with Crippen molar-refractivity contribution in [1.82, 2.24) is 9.80 Å². The number of likely N-dealkylation sites (tertiary alicyclic amines) is 1. The van der Waals surface area contributed by atoms with Crippen molar-refractivity contribution in [3.05, 3.63) is 29.8 Å². The lowest BCUT2D eigenvalue weighted by molar-refractivity contribution is -0.152. The van der Waals surface area contributed by atoms with Crippen molar-refractivity contribution < 1.29 is 38.5 Å². The Balaban J connectivity index is 2.47. The van der Waals surface area contributed by atoms with E-state index in [1.54, 1.807) is 52.0 Å². The molecular weight excluding hydrogens is 444 g/mol. The standard InChI is InChI=1S/C24H34N2O8/c1-6-33-20(27)15-26(23(31)34-24(2,3)4)19(14-16-9-11-17(32-5)12-10-16)21(28)25-13-7-8-18(25)22(29)30/h9-12,18-19H,6-8,13-15H2,1-5H3,(H,29,30)/t18-,19+/m0/s1. The minimum Gasteiger partial charge on any atom is -0.497 e. The zero-order valence-corrected chi connectivity index (χ0v) is 20.4. The fourth-order valence-electron chi connectivity index (χ4n) is 3.76. The first-order valence-electron chi connectivity index (χ1n) is 11.3. The summed E-state index contributed by atoms with van der Waals surface area (Å²) in [6.07, 6.45) is 0.0336. The van der Waals surface area contributed by atoms with Crippen LogP contribution in [0.15, 0.2) is 24.3 Å². The molecule has 1 aliphatic rings. The molecule has 188 valence electrons. The third-order valence-electron chi connectivity index (χ3n) is 5.30. The number of carboxylic acid groups (broad SMARTS) is 1. The van der Waals surface area contributed by atoms with Gasteiger partial charge in [-0.05, 0) is 58.2 Å². The summed E-state index contributed by atoms with van der Waals surface area (Å²) in [5.41, 5.74) is -0.183. The van der Waals surface area contributed by atoms with Crippen LogP contribution < -0.4 is 4.74 Å². The monoisotopic (exact) mass is 478 g/mol. The fraction of sp³-hybridized carbons (Fsp3) is 0.583. The van der Waals surface area contributed by atoms with Crippen LogP contribution in [0.3, 0.4) is 0 Å². The Morgan fingerprint density at radius 2 is 1.82 bits per heavy atom. The van der Waals surface area contributed by atoms with Crippen molar-refractivity contribution in [3.8, 4) is 5.75 Å². The van der Waals surface area contributed by atoms with Crippen LogP contribution in [-0.4, -0.2) is 83.3 Å². The van der Waals surface area contributed by atoms with Crippen LogP contribution in [-0.2, 0) is 30.3 Å². The van der Waals surface area contributed by atoms with Crippen molar-refractivity contribution in [1.29, 1.82) is 0 Å². The number of hydrogen-bond acceptors (Lipinski definition) is 7. The number of carbonyl (C=O) groups excluding carboxylic acids is 3. The number of hydrogen-bond donors (Lipinski definition) is 1. The fourth-order valence-corrected chi connectivity index (χ4v) is 3.76. The number of nitrogens with zero attached hydrogens (tertiary/aromatic N) is 2. The van der Waals surface area contributed by atoms with E-state index in [0.717, 1.165) is 4.90 Å². The second-order valence-corrected chi connectivity index (χ2v) is 9.01. The molecule has 1 heterocycles. The number of amides is 2. The molecular formula is C24H34N2O8. The van der Waals surface area contributed by atoms with Crippen molar-refractivity contribution in [3.63, 3.8) is 0 Å². The van der Waals surface area contributed by atoms with Gasteiger partial charge in [-0.15, -0.1) is 0 Å². The summed E-state index contributed by atoms with van der Waals surface area (Å²) in [6.45, 7) is 6.50. The highest BCUT2D eigenvalue weighted by Crippen LogP contribution is 2.24. The number of aliphatic carboxylic acids is 1. The van der Waals surface area contributed by atoms with E-state index in [4.69, 9.17) is 14.2 Å². The largest absolute Gasteiger partial charge is 0.497 e. The molecule has 1 aliphatic heterocycles.